The Bertz CT molecular complexity index is 70.8. The van der Waals surface area contributed by atoms with Gasteiger partial charge in [-0.15, -0.1) is 0 Å². The van der Waals surface area contributed by atoms with Crippen LogP contribution in [0.5, 0.6) is 0 Å². The van der Waals surface area contributed by atoms with Crippen molar-refractivity contribution in [1.29, 1.82) is 0 Å². The maximum absolute atomic E-state index is 9.25. The fraction of sp³-hybridized carbons (Fsp3) is 0.400. The van der Waals surface area contributed by atoms with E-state index >= 15 is 0 Å². The molecule has 0 aliphatic heterocycles. The Kier molecular flexibility index (Phi) is 12.6. The largest absolute Gasteiger partial charge is 0.478 e. The van der Waals surface area contributed by atoms with Crippen molar-refractivity contribution in [1.82, 2.24) is 0 Å². The molecule has 0 spiro atoms. The summed E-state index contributed by atoms with van der Waals surface area (Å²) < 4.78 is 0. The van der Waals surface area contributed by atoms with Gasteiger partial charge < -0.3 is 5.11 Å². The lowest BCUT2D eigenvalue weighted by atomic mass is 10.7. The van der Waals surface area contributed by atoms with Crippen LogP contribution in [0.1, 0.15) is 0 Å². The van der Waals surface area contributed by atoms with Crippen LogP contribution in [0.4, 0.5) is 0 Å². The molecule has 0 aromatic carbocycles. The molecule has 0 fully saturated rings. The second kappa shape index (κ2) is 9.66. The average Bonchev–Trinajstić information content (AvgIpc) is 1.69. The Labute approximate surface area is 52.0 Å². The minimum absolute atomic E-state index is 0.417. The summed E-state index contributed by atoms with van der Waals surface area (Å²) in [5, 5.41) is 7.60. The van der Waals surface area contributed by atoms with E-state index in [2.05, 4.69) is 19.7 Å². The van der Waals surface area contributed by atoms with Crippen LogP contribution in [0.3, 0.4) is 0 Å². The number of carbonyl (C=O) groups is 1. The first-order valence-electron chi connectivity index (χ1n) is 2.54. The van der Waals surface area contributed by atoms with E-state index in [1.54, 1.807) is 0 Å². The topological polar surface area (TPSA) is 37.3 Å². The van der Waals surface area contributed by atoms with E-state index in [9.17, 15) is 4.79 Å². The summed E-state index contributed by atoms with van der Waals surface area (Å²) in [6.45, 7) is 7.49. The lowest BCUT2D eigenvalue weighted by Crippen LogP contribution is -1.82. The molecule has 1 N–H and O–H groups in total. The molecule has 0 unspecified atom stereocenters. The molecule has 0 radical (unpaired) electrons. The van der Waals surface area contributed by atoms with Gasteiger partial charge in [0.05, 0.1) is 0 Å². The summed E-state index contributed by atoms with van der Waals surface area (Å²) in [5.41, 5.74) is 0. The Balaban J connectivity index is 0. The van der Waals surface area contributed by atoms with Crippen molar-refractivity contribution in [2.24, 2.45) is 0 Å². The van der Waals surface area contributed by atoms with Crippen molar-refractivity contribution in [2.75, 3.05) is 0 Å². The smallest absolute Gasteiger partial charge is 0.327 e. The number of carboxylic acids is 1. The van der Waals surface area contributed by atoms with Crippen LogP contribution in [-0.4, -0.2) is 20.6 Å². The predicted molar refractivity (Wildman–Crippen MR) is 38.1 cm³/mol. The van der Waals surface area contributed by atoms with Gasteiger partial charge in [-0.2, -0.15) is 0 Å². The van der Waals surface area contributed by atoms with Gasteiger partial charge in [-0.25, -0.2) is 4.79 Å². The lowest BCUT2D eigenvalue weighted by Gasteiger charge is -1.64. The second-order valence-electron chi connectivity index (χ2n) is 1.25. The second-order valence-corrected chi connectivity index (χ2v) is 2.66. The molecule has 0 saturated heterocycles. The van der Waals surface area contributed by atoms with Gasteiger partial charge in [-0.1, -0.05) is 19.7 Å². The zero-order valence-electron chi connectivity index (χ0n) is 5.35. The first-order chi connectivity index (χ1) is 3.68. The molecule has 0 rings (SSSR count). The maximum Gasteiger partial charge on any atom is 0.327 e. The molecule has 0 aromatic heterocycles. The third kappa shape index (κ3) is 52.2. The van der Waals surface area contributed by atoms with Crippen molar-refractivity contribution < 1.29 is 9.90 Å². The van der Waals surface area contributed by atoms with Gasteiger partial charge in [-0.3, -0.25) is 0 Å². The van der Waals surface area contributed by atoms with Crippen LogP contribution in [0.25, 0.3) is 0 Å². The molecule has 0 aliphatic rings. The number of carboxylic acid groups (broad SMARTS) is 1. The summed E-state index contributed by atoms with van der Waals surface area (Å²) in [4.78, 5) is 9.25. The van der Waals surface area contributed by atoms with E-state index in [-0.39, 0.29) is 0 Å². The first kappa shape index (κ1) is 10.4. The molecule has 8 heavy (non-hydrogen) atoms. The standard InChI is InChI=1S/C3H4O2.C2H8Si/c1-2-3(4)5;1-3-2/h2H,1H2,(H,4,5);3H2,1-2H3. The van der Waals surface area contributed by atoms with E-state index in [0.717, 1.165) is 6.08 Å². The summed E-state index contributed by atoms with van der Waals surface area (Å²) in [7, 11) is 0.417. The molecule has 0 aliphatic carbocycles. The van der Waals surface area contributed by atoms with Crippen LogP contribution in [0.2, 0.25) is 13.1 Å². The molecule has 2 nitrogen and oxygen atoms in total. The van der Waals surface area contributed by atoms with Gasteiger partial charge in [0.2, 0.25) is 0 Å². The van der Waals surface area contributed by atoms with E-state index < -0.39 is 5.97 Å². The minimum Gasteiger partial charge on any atom is -0.478 e. The monoisotopic (exact) mass is 132 g/mol. The summed E-state index contributed by atoms with van der Waals surface area (Å²) in [5.74, 6) is -0.981. The van der Waals surface area contributed by atoms with Crippen LogP contribution in [-0.2, 0) is 4.79 Å². The minimum atomic E-state index is -0.981. The molecular weight excluding hydrogens is 120 g/mol. The number of aliphatic carboxylic acids is 1. The summed E-state index contributed by atoms with van der Waals surface area (Å²) in [6.07, 6.45) is 0.833. The highest BCUT2D eigenvalue weighted by Crippen LogP contribution is 1.54. The molecule has 0 saturated carbocycles. The molecule has 48 valence electrons. The van der Waals surface area contributed by atoms with E-state index in [1.807, 2.05) is 0 Å². The van der Waals surface area contributed by atoms with Gasteiger partial charge in [0, 0.05) is 15.6 Å². The van der Waals surface area contributed by atoms with E-state index in [0.29, 0.717) is 9.52 Å². The van der Waals surface area contributed by atoms with Gasteiger partial charge in [0.15, 0.2) is 0 Å². The van der Waals surface area contributed by atoms with E-state index in [1.165, 1.54) is 0 Å². The van der Waals surface area contributed by atoms with Gasteiger partial charge in [-0.05, 0) is 0 Å². The summed E-state index contributed by atoms with van der Waals surface area (Å²) >= 11 is 0. The highest BCUT2D eigenvalue weighted by Gasteiger charge is 1.73. The quantitative estimate of drug-likeness (QED) is 0.417. The van der Waals surface area contributed by atoms with Crippen LogP contribution in [0.15, 0.2) is 12.7 Å². The summed E-state index contributed by atoms with van der Waals surface area (Å²) in [6, 6.07) is 0. The molecule has 0 atom stereocenters. The fourth-order valence-corrected chi connectivity index (χ4v) is 0. The average molecular weight is 132 g/mol. The van der Waals surface area contributed by atoms with Crippen molar-refractivity contribution in [2.45, 2.75) is 13.1 Å². The van der Waals surface area contributed by atoms with Gasteiger partial charge in [0.1, 0.15) is 0 Å². The van der Waals surface area contributed by atoms with Crippen LogP contribution < -0.4 is 0 Å². The fourth-order valence-electron chi connectivity index (χ4n) is 0. The zero-order chi connectivity index (χ0) is 6.99. The van der Waals surface area contributed by atoms with Gasteiger partial charge >= 0.3 is 5.97 Å². The number of rotatable bonds is 1. The predicted octanol–water partition coefficient (Wildman–Crippen LogP) is 0.508. The Morgan fingerprint density at radius 1 is 1.75 bits per heavy atom. The zero-order valence-corrected chi connectivity index (χ0v) is 6.76. The third-order valence-electron chi connectivity index (χ3n) is 0.175. The van der Waals surface area contributed by atoms with Crippen molar-refractivity contribution in [3.05, 3.63) is 12.7 Å². The van der Waals surface area contributed by atoms with Crippen molar-refractivity contribution in [3.8, 4) is 0 Å². The number of hydrogen-bond donors (Lipinski definition) is 1. The first-order valence-corrected chi connectivity index (χ1v) is 5.37. The Morgan fingerprint density at radius 3 is 1.88 bits per heavy atom. The van der Waals surface area contributed by atoms with Crippen molar-refractivity contribution >= 4 is 15.5 Å². The Hall–Kier alpha value is -0.573. The van der Waals surface area contributed by atoms with E-state index in [4.69, 9.17) is 5.11 Å². The molecule has 0 amide bonds. The number of hydrogen-bond acceptors (Lipinski definition) is 1. The van der Waals surface area contributed by atoms with Crippen LogP contribution in [0, 0.1) is 0 Å². The molecule has 3 heteroatoms. The normalized spacial score (nSPS) is 6.25. The lowest BCUT2D eigenvalue weighted by molar-refractivity contribution is -0.131. The van der Waals surface area contributed by atoms with Crippen molar-refractivity contribution in [3.63, 3.8) is 0 Å². The third-order valence-corrected chi connectivity index (χ3v) is 0.175. The SMILES string of the molecule is C=CC(=O)O.C[SiH2]C. The molecule has 0 bridgehead atoms. The molecule has 0 aromatic rings. The highest BCUT2D eigenvalue weighted by molar-refractivity contribution is 6.31. The van der Waals surface area contributed by atoms with Crippen LogP contribution >= 0.6 is 0 Å². The highest BCUT2D eigenvalue weighted by atomic mass is 28.2. The molecular formula is C5H12O2Si. The van der Waals surface area contributed by atoms with Gasteiger partial charge in [0.25, 0.3) is 0 Å². The Morgan fingerprint density at radius 2 is 1.88 bits per heavy atom. The molecule has 0 heterocycles. The maximum atomic E-state index is 9.25.